The van der Waals surface area contributed by atoms with Crippen LogP contribution in [0.1, 0.15) is 19.5 Å². The summed E-state index contributed by atoms with van der Waals surface area (Å²) in [6.45, 7) is 8.33. The van der Waals surface area contributed by atoms with Gasteiger partial charge in [0, 0.05) is 17.1 Å². The molecular weight excluding hydrogens is 399 g/mol. The summed E-state index contributed by atoms with van der Waals surface area (Å²) >= 11 is 13.8. The maximum Gasteiger partial charge on any atom is 0.206 e. The second-order valence-corrected chi connectivity index (χ2v) is 7.67. The van der Waals surface area contributed by atoms with E-state index in [1.165, 1.54) is 11.3 Å². The summed E-state index contributed by atoms with van der Waals surface area (Å²) in [6, 6.07) is 11.3. The Balaban J connectivity index is 2.16. The van der Waals surface area contributed by atoms with Crippen molar-refractivity contribution in [3.05, 3.63) is 80.7 Å². The van der Waals surface area contributed by atoms with Crippen LogP contribution >= 0.6 is 34.5 Å². The van der Waals surface area contributed by atoms with Crippen molar-refractivity contribution < 1.29 is 0 Å². The SMILES string of the molecule is C=C(C)CN=c1scc(-c2ccc(Cl)c(Cl)c2)n1N=C(C)c1ccccn1. The van der Waals surface area contributed by atoms with Crippen LogP contribution in [0.25, 0.3) is 11.3 Å². The van der Waals surface area contributed by atoms with Gasteiger partial charge in [0.1, 0.15) is 0 Å². The average Bonchev–Trinajstić information content (AvgIpc) is 3.05. The zero-order chi connectivity index (χ0) is 19.4. The Kier molecular flexibility index (Phi) is 6.26. The Morgan fingerprint density at radius 2 is 2.00 bits per heavy atom. The Labute approximate surface area is 172 Å². The molecule has 3 aromatic rings. The highest BCUT2D eigenvalue weighted by molar-refractivity contribution is 7.07. The van der Waals surface area contributed by atoms with Crippen molar-refractivity contribution in [1.29, 1.82) is 0 Å². The summed E-state index contributed by atoms with van der Waals surface area (Å²) in [5.41, 5.74) is 4.37. The number of aromatic nitrogens is 2. The number of thiazole rings is 1. The lowest BCUT2D eigenvalue weighted by Gasteiger charge is -2.07. The number of halogens is 2. The fourth-order valence-electron chi connectivity index (χ4n) is 2.34. The van der Waals surface area contributed by atoms with E-state index >= 15 is 0 Å². The lowest BCUT2D eigenvalue weighted by Crippen LogP contribution is -2.15. The highest BCUT2D eigenvalue weighted by Gasteiger charge is 2.11. The second-order valence-electron chi connectivity index (χ2n) is 6.02. The first kappa shape index (κ1) is 19.5. The van der Waals surface area contributed by atoms with Gasteiger partial charge < -0.3 is 0 Å². The van der Waals surface area contributed by atoms with Gasteiger partial charge in [0.2, 0.25) is 4.80 Å². The van der Waals surface area contributed by atoms with Gasteiger partial charge in [0.25, 0.3) is 0 Å². The third-order valence-electron chi connectivity index (χ3n) is 3.67. The van der Waals surface area contributed by atoms with Gasteiger partial charge >= 0.3 is 0 Å². The maximum absolute atomic E-state index is 6.21. The molecule has 0 atom stereocenters. The van der Waals surface area contributed by atoms with Gasteiger partial charge in [-0.05, 0) is 38.1 Å². The van der Waals surface area contributed by atoms with Crippen molar-refractivity contribution in [2.75, 3.05) is 6.54 Å². The van der Waals surface area contributed by atoms with Crippen LogP contribution in [-0.2, 0) is 0 Å². The minimum absolute atomic E-state index is 0.498. The van der Waals surface area contributed by atoms with Crippen LogP contribution in [-0.4, -0.2) is 21.9 Å². The molecular formula is C20H18Cl2N4S. The molecule has 0 saturated heterocycles. The third-order valence-corrected chi connectivity index (χ3v) is 5.26. The monoisotopic (exact) mass is 416 g/mol. The fourth-order valence-corrected chi connectivity index (χ4v) is 3.47. The largest absolute Gasteiger partial charge is 0.255 e. The number of pyridine rings is 1. The topological polar surface area (TPSA) is 42.5 Å². The van der Waals surface area contributed by atoms with Crippen molar-refractivity contribution in [3.63, 3.8) is 0 Å². The van der Waals surface area contributed by atoms with Crippen molar-refractivity contribution in [3.8, 4) is 11.3 Å². The molecule has 0 amide bonds. The van der Waals surface area contributed by atoms with Crippen molar-refractivity contribution in [2.45, 2.75) is 13.8 Å². The zero-order valence-electron chi connectivity index (χ0n) is 15.0. The first-order chi connectivity index (χ1) is 13.0. The van der Waals surface area contributed by atoms with Gasteiger partial charge in [0.05, 0.1) is 33.7 Å². The van der Waals surface area contributed by atoms with Crippen LogP contribution in [0.4, 0.5) is 0 Å². The van der Waals surface area contributed by atoms with E-state index in [1.54, 1.807) is 12.3 Å². The zero-order valence-corrected chi connectivity index (χ0v) is 17.3. The highest BCUT2D eigenvalue weighted by atomic mass is 35.5. The molecule has 3 rings (SSSR count). The van der Waals surface area contributed by atoms with Gasteiger partial charge in [-0.15, -0.1) is 11.3 Å². The van der Waals surface area contributed by atoms with E-state index in [1.807, 2.05) is 54.2 Å². The molecule has 0 bridgehead atoms. The quantitative estimate of drug-likeness (QED) is 0.390. The number of hydrogen-bond acceptors (Lipinski definition) is 4. The number of rotatable bonds is 5. The summed E-state index contributed by atoms with van der Waals surface area (Å²) in [4.78, 5) is 9.77. The fraction of sp³-hybridized carbons (Fsp3) is 0.150. The first-order valence-corrected chi connectivity index (χ1v) is 9.87. The average molecular weight is 417 g/mol. The Morgan fingerprint density at radius 1 is 1.19 bits per heavy atom. The molecule has 0 aliphatic heterocycles. The molecule has 0 saturated carbocycles. The molecule has 2 aromatic heterocycles. The lowest BCUT2D eigenvalue weighted by atomic mass is 10.2. The van der Waals surface area contributed by atoms with Crippen molar-refractivity contribution in [1.82, 2.24) is 9.66 Å². The molecule has 0 aliphatic carbocycles. The maximum atomic E-state index is 6.21. The van der Waals surface area contributed by atoms with Crippen molar-refractivity contribution >= 4 is 40.3 Å². The van der Waals surface area contributed by atoms with Crippen LogP contribution < -0.4 is 4.80 Å². The van der Waals surface area contributed by atoms with E-state index in [0.29, 0.717) is 16.6 Å². The van der Waals surface area contributed by atoms with Crippen LogP contribution in [0.2, 0.25) is 10.0 Å². The van der Waals surface area contributed by atoms with Gasteiger partial charge in [-0.3, -0.25) is 9.98 Å². The van der Waals surface area contributed by atoms with E-state index in [9.17, 15) is 0 Å². The lowest BCUT2D eigenvalue weighted by molar-refractivity contribution is 0.829. The minimum Gasteiger partial charge on any atom is -0.255 e. The molecule has 138 valence electrons. The number of hydrogen-bond donors (Lipinski definition) is 0. The van der Waals surface area contributed by atoms with E-state index in [4.69, 9.17) is 28.3 Å². The van der Waals surface area contributed by atoms with E-state index < -0.39 is 0 Å². The summed E-state index contributed by atoms with van der Waals surface area (Å²) in [5.74, 6) is 0. The molecule has 0 unspecified atom stereocenters. The third kappa shape index (κ3) is 4.75. The van der Waals surface area contributed by atoms with Gasteiger partial charge in [-0.25, -0.2) is 4.68 Å². The molecule has 1 aromatic carbocycles. The van der Waals surface area contributed by atoms with E-state index in [0.717, 1.165) is 33.0 Å². The molecule has 0 N–H and O–H groups in total. The van der Waals surface area contributed by atoms with Crippen LogP contribution in [0.15, 0.2) is 70.2 Å². The number of nitrogens with zero attached hydrogens (tertiary/aromatic N) is 4. The predicted molar refractivity (Wildman–Crippen MR) is 115 cm³/mol. The summed E-state index contributed by atoms with van der Waals surface area (Å²) in [5, 5.41) is 7.80. The molecule has 27 heavy (non-hydrogen) atoms. The Morgan fingerprint density at radius 3 is 2.67 bits per heavy atom. The smallest absolute Gasteiger partial charge is 0.206 e. The molecule has 2 heterocycles. The molecule has 0 aliphatic rings. The summed E-state index contributed by atoms with van der Waals surface area (Å²) in [6.07, 6.45) is 1.75. The molecule has 0 fully saturated rings. The molecule has 4 nitrogen and oxygen atoms in total. The Hall–Kier alpha value is -2.21. The van der Waals surface area contributed by atoms with Crippen molar-refractivity contribution in [2.24, 2.45) is 10.1 Å². The molecule has 7 heteroatoms. The minimum atomic E-state index is 0.498. The van der Waals surface area contributed by atoms with E-state index in [2.05, 4.69) is 16.6 Å². The summed E-state index contributed by atoms with van der Waals surface area (Å²) < 4.78 is 1.82. The van der Waals surface area contributed by atoms with Crippen LogP contribution in [0.5, 0.6) is 0 Å². The molecule has 0 spiro atoms. The normalized spacial score (nSPS) is 12.4. The van der Waals surface area contributed by atoms with Gasteiger partial charge in [-0.2, -0.15) is 5.10 Å². The standard InChI is InChI=1S/C20H18Cl2N4S/c1-13(2)11-24-20-26(25-14(3)18-6-4-5-9-23-18)19(12-27-20)15-7-8-16(21)17(22)10-15/h4-10,12H,1,11H2,2-3H3. The first-order valence-electron chi connectivity index (χ1n) is 8.23. The highest BCUT2D eigenvalue weighted by Crippen LogP contribution is 2.29. The summed E-state index contributed by atoms with van der Waals surface area (Å²) in [7, 11) is 0. The molecule has 0 radical (unpaired) electrons. The predicted octanol–water partition coefficient (Wildman–Crippen LogP) is 5.67. The van der Waals surface area contributed by atoms with E-state index in [-0.39, 0.29) is 0 Å². The number of benzene rings is 1. The Bertz CT molecular complexity index is 1070. The second kappa shape index (κ2) is 8.65. The van der Waals surface area contributed by atoms with Crippen LogP contribution in [0, 0.1) is 0 Å². The van der Waals surface area contributed by atoms with Gasteiger partial charge in [0.15, 0.2) is 0 Å². The van der Waals surface area contributed by atoms with Gasteiger partial charge in [-0.1, -0.05) is 47.5 Å². The van der Waals surface area contributed by atoms with Crippen LogP contribution in [0.3, 0.4) is 0 Å².